The van der Waals surface area contributed by atoms with E-state index in [1.807, 2.05) is 12.1 Å². The smallest absolute Gasteiger partial charge is 0.213 e. The second kappa shape index (κ2) is 6.01. The van der Waals surface area contributed by atoms with Crippen molar-refractivity contribution >= 4 is 0 Å². The molecule has 1 aliphatic carbocycles. The van der Waals surface area contributed by atoms with Crippen LogP contribution in [0.3, 0.4) is 0 Å². The van der Waals surface area contributed by atoms with Crippen molar-refractivity contribution in [3.05, 3.63) is 23.9 Å². The molecule has 1 aromatic rings. The van der Waals surface area contributed by atoms with Gasteiger partial charge in [0.25, 0.3) is 0 Å². The average molecular weight is 234 g/mol. The number of rotatable bonds is 4. The van der Waals surface area contributed by atoms with Crippen LogP contribution in [0.15, 0.2) is 18.3 Å². The summed E-state index contributed by atoms with van der Waals surface area (Å²) in [7, 11) is 0. The number of nitrogens with two attached hydrogens (primary N) is 1. The third-order valence-electron chi connectivity index (χ3n) is 3.55. The molecule has 94 valence electrons. The lowest BCUT2D eigenvalue weighted by Crippen LogP contribution is -2.20. The van der Waals surface area contributed by atoms with Crippen LogP contribution in [0.5, 0.6) is 5.88 Å². The topological polar surface area (TPSA) is 48.1 Å². The van der Waals surface area contributed by atoms with Gasteiger partial charge in [-0.15, -0.1) is 0 Å². The van der Waals surface area contributed by atoms with Crippen LogP contribution in [0.2, 0.25) is 0 Å². The summed E-state index contributed by atoms with van der Waals surface area (Å²) in [6.45, 7) is 3.67. The van der Waals surface area contributed by atoms with E-state index in [4.69, 9.17) is 10.5 Å². The maximum atomic E-state index is 5.77. The summed E-state index contributed by atoms with van der Waals surface area (Å²) in [5, 5.41) is 0. The molecule has 0 amide bonds. The normalized spacial score (nSPS) is 24.6. The zero-order valence-corrected chi connectivity index (χ0v) is 10.6. The first-order chi connectivity index (χ1) is 8.28. The lowest BCUT2D eigenvalue weighted by Gasteiger charge is -2.26. The maximum Gasteiger partial charge on any atom is 0.213 e. The van der Waals surface area contributed by atoms with Crippen molar-refractivity contribution in [3.63, 3.8) is 0 Å². The molecular formula is C14H22N2O. The van der Waals surface area contributed by atoms with E-state index in [0.29, 0.717) is 18.3 Å². The highest BCUT2D eigenvalue weighted by Gasteiger charge is 2.19. The van der Waals surface area contributed by atoms with Crippen molar-refractivity contribution in [3.8, 4) is 5.88 Å². The lowest BCUT2D eigenvalue weighted by atomic mass is 9.83. The summed E-state index contributed by atoms with van der Waals surface area (Å²) in [5.74, 6) is 2.26. The molecule has 0 aliphatic heterocycles. The zero-order valence-electron chi connectivity index (χ0n) is 10.6. The van der Waals surface area contributed by atoms with Gasteiger partial charge in [-0.25, -0.2) is 4.98 Å². The van der Waals surface area contributed by atoms with Gasteiger partial charge in [-0.2, -0.15) is 0 Å². The highest BCUT2D eigenvalue weighted by atomic mass is 16.5. The van der Waals surface area contributed by atoms with Crippen LogP contribution < -0.4 is 10.5 Å². The Hall–Kier alpha value is -1.09. The van der Waals surface area contributed by atoms with E-state index in [1.165, 1.54) is 25.7 Å². The van der Waals surface area contributed by atoms with Gasteiger partial charge in [0.15, 0.2) is 0 Å². The highest BCUT2D eigenvalue weighted by molar-refractivity contribution is 5.20. The zero-order chi connectivity index (χ0) is 12.1. The molecule has 2 unspecified atom stereocenters. The molecule has 0 spiro atoms. The van der Waals surface area contributed by atoms with Gasteiger partial charge in [0.2, 0.25) is 5.88 Å². The van der Waals surface area contributed by atoms with Crippen LogP contribution >= 0.6 is 0 Å². The van der Waals surface area contributed by atoms with E-state index in [9.17, 15) is 0 Å². The van der Waals surface area contributed by atoms with Crippen molar-refractivity contribution in [2.45, 2.75) is 39.2 Å². The molecule has 2 atom stereocenters. The van der Waals surface area contributed by atoms with Gasteiger partial charge in [0.05, 0.1) is 6.61 Å². The van der Waals surface area contributed by atoms with Gasteiger partial charge >= 0.3 is 0 Å². The average Bonchev–Trinajstić information content (AvgIpc) is 2.37. The van der Waals surface area contributed by atoms with Crippen molar-refractivity contribution in [2.75, 3.05) is 6.61 Å². The van der Waals surface area contributed by atoms with Crippen molar-refractivity contribution in [1.82, 2.24) is 4.98 Å². The fourth-order valence-corrected chi connectivity index (χ4v) is 2.57. The Morgan fingerprint density at radius 3 is 3.12 bits per heavy atom. The van der Waals surface area contributed by atoms with Crippen LogP contribution in [-0.4, -0.2) is 11.6 Å². The van der Waals surface area contributed by atoms with Crippen LogP contribution in [0.1, 0.15) is 38.2 Å². The van der Waals surface area contributed by atoms with Crippen LogP contribution in [-0.2, 0) is 6.54 Å². The molecular weight excluding hydrogens is 212 g/mol. The van der Waals surface area contributed by atoms with E-state index < -0.39 is 0 Å². The minimum atomic E-state index is 0.541. The van der Waals surface area contributed by atoms with Gasteiger partial charge in [0.1, 0.15) is 0 Å². The molecule has 1 aromatic heterocycles. The summed E-state index contributed by atoms with van der Waals surface area (Å²) in [6, 6.07) is 3.86. The van der Waals surface area contributed by atoms with E-state index in [0.717, 1.165) is 18.1 Å². The predicted octanol–water partition coefficient (Wildman–Crippen LogP) is 2.75. The summed E-state index contributed by atoms with van der Waals surface area (Å²) >= 11 is 0. The van der Waals surface area contributed by atoms with Gasteiger partial charge < -0.3 is 10.5 Å². The number of nitrogens with zero attached hydrogens (tertiary/aromatic N) is 1. The van der Waals surface area contributed by atoms with Crippen LogP contribution in [0, 0.1) is 11.8 Å². The summed E-state index contributed by atoms with van der Waals surface area (Å²) in [4.78, 5) is 4.21. The van der Waals surface area contributed by atoms with E-state index in [2.05, 4.69) is 11.9 Å². The first-order valence-electron chi connectivity index (χ1n) is 6.55. The summed E-state index contributed by atoms with van der Waals surface area (Å²) < 4.78 is 5.77. The Labute approximate surface area is 103 Å². The number of hydrogen-bond donors (Lipinski definition) is 1. The molecule has 1 saturated carbocycles. The minimum absolute atomic E-state index is 0.541. The van der Waals surface area contributed by atoms with Gasteiger partial charge in [-0.05, 0) is 36.3 Å². The quantitative estimate of drug-likeness (QED) is 0.871. The van der Waals surface area contributed by atoms with Crippen molar-refractivity contribution in [2.24, 2.45) is 17.6 Å². The number of aromatic nitrogens is 1. The third kappa shape index (κ3) is 3.70. The summed E-state index contributed by atoms with van der Waals surface area (Å²) in [6.07, 6.45) is 7.06. The number of ether oxygens (including phenoxy) is 1. The molecule has 3 nitrogen and oxygen atoms in total. The minimum Gasteiger partial charge on any atom is -0.477 e. The van der Waals surface area contributed by atoms with E-state index >= 15 is 0 Å². The Morgan fingerprint density at radius 1 is 1.47 bits per heavy atom. The SMILES string of the molecule is CC1CCCC(COc2cc(CN)ccn2)C1. The van der Waals surface area contributed by atoms with E-state index in [1.54, 1.807) is 6.20 Å². The number of hydrogen-bond acceptors (Lipinski definition) is 3. The standard InChI is InChI=1S/C14H22N2O/c1-11-3-2-4-13(7-11)10-17-14-8-12(9-15)5-6-16-14/h5-6,8,11,13H,2-4,7,9-10,15H2,1H3. The number of pyridine rings is 1. The fourth-order valence-electron chi connectivity index (χ4n) is 2.57. The second-order valence-electron chi connectivity index (χ2n) is 5.16. The molecule has 0 bridgehead atoms. The lowest BCUT2D eigenvalue weighted by molar-refractivity contribution is 0.177. The summed E-state index contributed by atoms with van der Waals surface area (Å²) in [5.41, 5.74) is 6.67. The third-order valence-corrected chi connectivity index (χ3v) is 3.55. The molecule has 2 N–H and O–H groups in total. The first kappa shape index (κ1) is 12.4. The largest absolute Gasteiger partial charge is 0.477 e. The van der Waals surface area contributed by atoms with Crippen molar-refractivity contribution in [1.29, 1.82) is 0 Å². The molecule has 1 fully saturated rings. The Kier molecular flexibility index (Phi) is 4.37. The molecule has 0 saturated heterocycles. The highest BCUT2D eigenvalue weighted by Crippen LogP contribution is 2.28. The molecule has 17 heavy (non-hydrogen) atoms. The fraction of sp³-hybridized carbons (Fsp3) is 0.643. The molecule has 1 aliphatic rings. The molecule has 3 heteroatoms. The Balaban J connectivity index is 1.84. The predicted molar refractivity (Wildman–Crippen MR) is 68.7 cm³/mol. The van der Waals surface area contributed by atoms with E-state index in [-0.39, 0.29) is 0 Å². The van der Waals surface area contributed by atoms with Gasteiger partial charge in [0, 0.05) is 18.8 Å². The van der Waals surface area contributed by atoms with Crippen molar-refractivity contribution < 1.29 is 4.74 Å². The second-order valence-corrected chi connectivity index (χ2v) is 5.16. The molecule has 1 heterocycles. The molecule has 0 aromatic carbocycles. The Bertz CT molecular complexity index is 354. The van der Waals surface area contributed by atoms with Crippen LogP contribution in [0.4, 0.5) is 0 Å². The van der Waals surface area contributed by atoms with Gasteiger partial charge in [-0.3, -0.25) is 0 Å². The van der Waals surface area contributed by atoms with Gasteiger partial charge in [-0.1, -0.05) is 19.8 Å². The first-order valence-corrected chi connectivity index (χ1v) is 6.55. The monoisotopic (exact) mass is 234 g/mol. The molecule has 0 radical (unpaired) electrons. The Morgan fingerprint density at radius 2 is 2.35 bits per heavy atom. The molecule has 2 rings (SSSR count). The maximum absolute atomic E-state index is 5.77. The van der Waals surface area contributed by atoms with Crippen LogP contribution in [0.25, 0.3) is 0 Å².